The lowest BCUT2D eigenvalue weighted by Crippen LogP contribution is -2.09. The van der Waals surface area contributed by atoms with Gasteiger partial charge in [-0.15, -0.1) is 0 Å². The van der Waals surface area contributed by atoms with E-state index >= 15 is 0 Å². The van der Waals surface area contributed by atoms with Gasteiger partial charge >= 0.3 is 6.18 Å². The lowest BCUT2D eigenvalue weighted by Gasteiger charge is -2.09. The van der Waals surface area contributed by atoms with E-state index in [1.165, 1.54) is 18.2 Å². The van der Waals surface area contributed by atoms with E-state index < -0.39 is 32.2 Å². The molecule has 2 aromatic rings. The van der Waals surface area contributed by atoms with Gasteiger partial charge in [0.05, 0.1) is 11.3 Å². The Balaban J connectivity index is 2.41. The summed E-state index contributed by atoms with van der Waals surface area (Å²) in [6.45, 7) is 3.26. The molecule has 0 saturated heterocycles. The van der Waals surface area contributed by atoms with Crippen molar-refractivity contribution in [2.24, 2.45) is 0 Å². The fourth-order valence-electron chi connectivity index (χ4n) is 2.55. The summed E-state index contributed by atoms with van der Waals surface area (Å²) < 4.78 is 63.4. The highest BCUT2D eigenvalue weighted by atomic mass is 32.2. The summed E-state index contributed by atoms with van der Waals surface area (Å²) in [6.07, 6.45) is -3.45. The Morgan fingerprint density at radius 2 is 1.78 bits per heavy atom. The Morgan fingerprint density at radius 1 is 1.19 bits per heavy atom. The van der Waals surface area contributed by atoms with Gasteiger partial charge in [-0.2, -0.15) is 18.4 Å². The van der Waals surface area contributed by atoms with Gasteiger partial charge < -0.3 is 5.11 Å². The Morgan fingerprint density at radius 3 is 2.30 bits per heavy atom. The number of halogens is 3. The second kappa shape index (κ2) is 7.45. The maximum Gasteiger partial charge on any atom is 0.416 e. The van der Waals surface area contributed by atoms with Gasteiger partial charge in [0.15, 0.2) is 9.84 Å². The van der Waals surface area contributed by atoms with E-state index in [-0.39, 0.29) is 11.3 Å². The fourth-order valence-corrected chi connectivity index (χ4v) is 3.78. The number of aromatic hydroxyl groups is 1. The third-order valence-electron chi connectivity index (χ3n) is 3.87. The SMILES string of the molecule is Cc1cc(/C=C(/C#N)S(=O)(=O)Cc2cccc(C(F)(F)F)c2)cc(C)c1O. The maximum absolute atomic E-state index is 12.8. The van der Waals surface area contributed by atoms with Crippen LogP contribution in [0.15, 0.2) is 41.3 Å². The van der Waals surface area contributed by atoms with Crippen molar-refractivity contribution >= 4 is 15.9 Å². The van der Waals surface area contributed by atoms with Crippen LogP contribution in [-0.2, 0) is 21.8 Å². The van der Waals surface area contributed by atoms with Crippen LogP contribution in [-0.4, -0.2) is 13.5 Å². The molecule has 8 heteroatoms. The van der Waals surface area contributed by atoms with E-state index in [1.807, 2.05) is 0 Å². The van der Waals surface area contributed by atoms with Crippen LogP contribution in [0.5, 0.6) is 5.75 Å². The highest BCUT2D eigenvalue weighted by Gasteiger charge is 2.31. The Kier molecular flexibility index (Phi) is 5.66. The first-order chi connectivity index (χ1) is 12.4. The van der Waals surface area contributed by atoms with Crippen molar-refractivity contribution in [3.63, 3.8) is 0 Å². The molecule has 0 saturated carbocycles. The van der Waals surface area contributed by atoms with Gasteiger partial charge in [-0.25, -0.2) is 8.42 Å². The highest BCUT2D eigenvalue weighted by molar-refractivity contribution is 7.95. The van der Waals surface area contributed by atoms with Gasteiger partial charge in [0.25, 0.3) is 0 Å². The number of allylic oxidation sites excluding steroid dienone is 1. The smallest absolute Gasteiger partial charge is 0.416 e. The number of phenols is 1. The lowest BCUT2D eigenvalue weighted by molar-refractivity contribution is -0.137. The summed E-state index contributed by atoms with van der Waals surface area (Å²) in [6, 6.07) is 8.60. The lowest BCUT2D eigenvalue weighted by atomic mass is 10.1. The van der Waals surface area contributed by atoms with Gasteiger partial charge in [-0.05, 0) is 60.4 Å². The maximum atomic E-state index is 12.8. The summed E-state index contributed by atoms with van der Waals surface area (Å²) in [4.78, 5) is -0.565. The number of hydrogen-bond acceptors (Lipinski definition) is 4. The molecule has 0 bridgehead atoms. The summed E-state index contributed by atoms with van der Waals surface area (Å²) in [7, 11) is -4.15. The van der Waals surface area contributed by atoms with Crippen LogP contribution < -0.4 is 0 Å². The number of nitrogens with zero attached hydrogens (tertiary/aromatic N) is 1. The molecular weight excluding hydrogens is 379 g/mol. The normalized spacial score (nSPS) is 12.7. The van der Waals surface area contributed by atoms with E-state index in [2.05, 4.69) is 0 Å². The van der Waals surface area contributed by atoms with Crippen LogP contribution in [0, 0.1) is 25.2 Å². The van der Waals surface area contributed by atoms with Gasteiger partial charge in [0.2, 0.25) is 0 Å². The number of hydrogen-bond donors (Lipinski definition) is 1. The van der Waals surface area contributed by atoms with Crippen LogP contribution in [0.4, 0.5) is 13.2 Å². The summed E-state index contributed by atoms with van der Waals surface area (Å²) in [5, 5.41) is 19.0. The first-order valence-corrected chi connectivity index (χ1v) is 9.40. The third-order valence-corrected chi connectivity index (χ3v) is 5.46. The molecule has 0 amide bonds. The van der Waals surface area contributed by atoms with E-state index in [9.17, 15) is 32.0 Å². The number of benzene rings is 2. The molecule has 1 N–H and O–H groups in total. The van der Waals surface area contributed by atoms with E-state index in [0.717, 1.165) is 24.3 Å². The Hall–Kier alpha value is -2.79. The number of aryl methyl sites for hydroxylation is 2. The summed E-state index contributed by atoms with van der Waals surface area (Å²) in [5.41, 5.74) is 0.390. The van der Waals surface area contributed by atoms with Gasteiger partial charge in [-0.3, -0.25) is 0 Å². The summed E-state index contributed by atoms with van der Waals surface area (Å²) in [5.74, 6) is -0.663. The third kappa shape index (κ3) is 4.89. The molecule has 4 nitrogen and oxygen atoms in total. The number of nitriles is 1. The zero-order chi connectivity index (χ0) is 20.4. The average molecular weight is 395 g/mol. The topological polar surface area (TPSA) is 78.2 Å². The molecule has 142 valence electrons. The van der Waals surface area contributed by atoms with Crippen molar-refractivity contribution in [2.75, 3.05) is 0 Å². The van der Waals surface area contributed by atoms with Gasteiger partial charge in [-0.1, -0.05) is 18.2 Å². The van der Waals surface area contributed by atoms with Crippen LogP contribution >= 0.6 is 0 Å². The molecule has 0 spiro atoms. The van der Waals surface area contributed by atoms with Crippen molar-refractivity contribution in [1.82, 2.24) is 0 Å². The standard InChI is InChI=1S/C19H16F3NO3S/c1-12-6-15(7-13(2)18(12)24)9-17(10-23)27(25,26)11-14-4-3-5-16(8-14)19(20,21)22/h3-9,24H,11H2,1-2H3/b17-9-. The number of rotatable bonds is 4. The fraction of sp³-hybridized carbons (Fsp3) is 0.211. The van der Waals surface area contributed by atoms with E-state index in [0.29, 0.717) is 16.7 Å². The summed E-state index contributed by atoms with van der Waals surface area (Å²) >= 11 is 0. The molecule has 0 heterocycles. The molecule has 0 aliphatic rings. The molecule has 0 aliphatic heterocycles. The predicted octanol–water partition coefficient (Wildman–Crippen LogP) is 4.51. The van der Waals surface area contributed by atoms with Crippen LogP contribution in [0.2, 0.25) is 0 Å². The number of alkyl halides is 3. The van der Waals surface area contributed by atoms with Gasteiger partial charge in [0.1, 0.15) is 16.7 Å². The minimum absolute atomic E-state index is 0.0657. The van der Waals surface area contributed by atoms with Crippen molar-refractivity contribution in [2.45, 2.75) is 25.8 Å². The number of sulfone groups is 1. The number of phenolic OH excluding ortho intramolecular Hbond substituents is 1. The van der Waals surface area contributed by atoms with Crippen LogP contribution in [0.3, 0.4) is 0 Å². The Labute approximate surface area is 155 Å². The van der Waals surface area contributed by atoms with E-state index in [1.54, 1.807) is 19.9 Å². The highest BCUT2D eigenvalue weighted by Crippen LogP contribution is 2.30. The van der Waals surface area contributed by atoms with Crippen molar-refractivity contribution in [3.8, 4) is 11.8 Å². The molecule has 0 unspecified atom stereocenters. The van der Waals surface area contributed by atoms with Crippen LogP contribution in [0.25, 0.3) is 6.08 Å². The molecular formula is C19H16F3NO3S. The van der Waals surface area contributed by atoms with Crippen LogP contribution in [0.1, 0.15) is 27.8 Å². The molecule has 0 atom stereocenters. The van der Waals surface area contributed by atoms with Crippen molar-refractivity contribution < 1.29 is 26.7 Å². The first-order valence-electron chi connectivity index (χ1n) is 7.75. The Bertz CT molecular complexity index is 1030. The molecule has 0 aromatic heterocycles. The first kappa shape index (κ1) is 20.5. The molecule has 2 aromatic carbocycles. The minimum Gasteiger partial charge on any atom is -0.507 e. The zero-order valence-electron chi connectivity index (χ0n) is 14.5. The van der Waals surface area contributed by atoms with E-state index in [4.69, 9.17) is 0 Å². The largest absolute Gasteiger partial charge is 0.507 e. The predicted molar refractivity (Wildman–Crippen MR) is 95.2 cm³/mol. The molecule has 0 aliphatic carbocycles. The molecule has 2 rings (SSSR count). The zero-order valence-corrected chi connectivity index (χ0v) is 15.3. The quantitative estimate of drug-likeness (QED) is 0.773. The second-order valence-corrected chi connectivity index (χ2v) is 8.04. The average Bonchev–Trinajstić information content (AvgIpc) is 2.56. The van der Waals surface area contributed by atoms with Crippen molar-refractivity contribution in [3.05, 3.63) is 69.1 Å². The second-order valence-electron chi connectivity index (χ2n) is 6.08. The molecule has 0 fully saturated rings. The monoisotopic (exact) mass is 395 g/mol. The minimum atomic E-state index is -4.59. The molecule has 27 heavy (non-hydrogen) atoms. The van der Waals surface area contributed by atoms with Crippen molar-refractivity contribution in [1.29, 1.82) is 5.26 Å². The molecule has 0 radical (unpaired) electrons. The van der Waals surface area contributed by atoms with Gasteiger partial charge in [0, 0.05) is 0 Å².